The molecule has 0 radical (unpaired) electrons. The number of hydrogen-bond acceptors (Lipinski definition) is 3. The molecule has 0 aliphatic heterocycles. The van der Waals surface area contributed by atoms with Gasteiger partial charge in [0.25, 0.3) is 0 Å². The standard InChI is InChI=1S/C13H20N2O3S/c1-8(2)4-11(12(16)17)15-13(18)14-5-10-7-19-6-9(10)3/h6-8,11H,4-5H2,1-3H3,(H,16,17)(H2,14,15,18)/t11-/m0/s1. The van der Waals surface area contributed by atoms with Crippen LogP contribution in [0.25, 0.3) is 0 Å². The van der Waals surface area contributed by atoms with Gasteiger partial charge in [-0.05, 0) is 41.1 Å². The third kappa shape index (κ3) is 5.30. The van der Waals surface area contributed by atoms with Gasteiger partial charge in [0, 0.05) is 6.54 Å². The number of aliphatic carboxylic acids is 1. The van der Waals surface area contributed by atoms with E-state index >= 15 is 0 Å². The highest BCUT2D eigenvalue weighted by Crippen LogP contribution is 2.13. The molecule has 5 nitrogen and oxygen atoms in total. The van der Waals surface area contributed by atoms with Crippen LogP contribution in [0.5, 0.6) is 0 Å². The van der Waals surface area contributed by atoms with Crippen molar-refractivity contribution >= 4 is 23.3 Å². The van der Waals surface area contributed by atoms with Crippen molar-refractivity contribution in [3.8, 4) is 0 Å². The Labute approximate surface area is 117 Å². The SMILES string of the molecule is Cc1cscc1CNC(=O)N[C@@H](CC(C)C)C(=O)O. The van der Waals surface area contributed by atoms with Crippen LogP contribution in [0.2, 0.25) is 0 Å². The van der Waals surface area contributed by atoms with Gasteiger partial charge in [0.05, 0.1) is 0 Å². The molecule has 19 heavy (non-hydrogen) atoms. The first-order chi connectivity index (χ1) is 8.90. The number of hydrogen-bond donors (Lipinski definition) is 3. The maximum Gasteiger partial charge on any atom is 0.326 e. The molecule has 0 unspecified atom stereocenters. The molecule has 0 fully saturated rings. The van der Waals surface area contributed by atoms with Gasteiger partial charge < -0.3 is 15.7 Å². The maximum atomic E-state index is 11.7. The molecule has 1 atom stereocenters. The first-order valence-corrected chi connectivity index (χ1v) is 7.13. The van der Waals surface area contributed by atoms with Crippen LogP contribution in [-0.2, 0) is 11.3 Å². The topological polar surface area (TPSA) is 78.4 Å². The molecule has 3 N–H and O–H groups in total. The number of urea groups is 1. The summed E-state index contributed by atoms with van der Waals surface area (Å²) in [5, 5.41) is 18.2. The second-order valence-electron chi connectivity index (χ2n) is 4.93. The Morgan fingerprint density at radius 1 is 1.37 bits per heavy atom. The summed E-state index contributed by atoms with van der Waals surface area (Å²) in [6, 6.07) is -1.29. The lowest BCUT2D eigenvalue weighted by Gasteiger charge is -2.16. The van der Waals surface area contributed by atoms with Gasteiger partial charge in [0.1, 0.15) is 6.04 Å². The van der Waals surface area contributed by atoms with Crippen LogP contribution in [0.3, 0.4) is 0 Å². The van der Waals surface area contributed by atoms with Crippen LogP contribution >= 0.6 is 11.3 Å². The summed E-state index contributed by atoms with van der Waals surface area (Å²) in [4.78, 5) is 22.7. The normalized spacial score (nSPS) is 12.2. The molecule has 1 rings (SSSR count). The lowest BCUT2D eigenvalue weighted by atomic mass is 10.0. The molecule has 1 heterocycles. The zero-order valence-electron chi connectivity index (χ0n) is 11.4. The molecule has 0 aliphatic carbocycles. The van der Waals surface area contributed by atoms with Crippen LogP contribution in [0, 0.1) is 12.8 Å². The third-order valence-corrected chi connectivity index (χ3v) is 3.62. The number of thiophene rings is 1. The van der Waals surface area contributed by atoms with Gasteiger partial charge in [-0.3, -0.25) is 0 Å². The number of carbonyl (C=O) groups excluding carboxylic acids is 1. The van der Waals surface area contributed by atoms with Crippen molar-refractivity contribution in [2.24, 2.45) is 5.92 Å². The van der Waals surface area contributed by atoms with E-state index in [1.807, 2.05) is 31.5 Å². The van der Waals surface area contributed by atoms with Crippen molar-refractivity contribution in [1.29, 1.82) is 0 Å². The molecular formula is C13H20N2O3S. The Morgan fingerprint density at radius 2 is 2.05 bits per heavy atom. The van der Waals surface area contributed by atoms with E-state index in [1.54, 1.807) is 11.3 Å². The van der Waals surface area contributed by atoms with E-state index in [0.717, 1.165) is 11.1 Å². The number of carboxylic acids is 1. The molecule has 0 aromatic carbocycles. The number of carbonyl (C=O) groups is 2. The van der Waals surface area contributed by atoms with Crippen molar-refractivity contribution < 1.29 is 14.7 Å². The summed E-state index contributed by atoms with van der Waals surface area (Å²) in [6.07, 6.45) is 0.417. The predicted molar refractivity (Wildman–Crippen MR) is 75.3 cm³/mol. The number of aryl methyl sites for hydroxylation is 1. The minimum atomic E-state index is -1.00. The molecule has 0 spiro atoms. The lowest BCUT2D eigenvalue weighted by molar-refractivity contribution is -0.139. The Morgan fingerprint density at radius 3 is 2.53 bits per heavy atom. The fraction of sp³-hybridized carbons (Fsp3) is 0.538. The summed E-state index contributed by atoms with van der Waals surface area (Å²) in [5.74, 6) is -0.795. The minimum Gasteiger partial charge on any atom is -0.480 e. The first-order valence-electron chi connectivity index (χ1n) is 6.19. The third-order valence-electron chi connectivity index (χ3n) is 2.71. The Bertz CT molecular complexity index is 443. The summed E-state index contributed by atoms with van der Waals surface area (Å²) < 4.78 is 0. The zero-order chi connectivity index (χ0) is 14.4. The maximum absolute atomic E-state index is 11.7. The molecule has 2 amide bonds. The molecule has 0 bridgehead atoms. The van der Waals surface area contributed by atoms with Gasteiger partial charge in [0.2, 0.25) is 0 Å². The summed E-state index contributed by atoms with van der Waals surface area (Å²) in [5.41, 5.74) is 2.18. The lowest BCUT2D eigenvalue weighted by Crippen LogP contribution is -2.46. The smallest absolute Gasteiger partial charge is 0.326 e. The predicted octanol–water partition coefficient (Wildman–Crippen LogP) is 2.36. The van der Waals surface area contributed by atoms with E-state index in [1.165, 1.54) is 0 Å². The van der Waals surface area contributed by atoms with Crippen molar-refractivity contribution in [3.05, 3.63) is 21.9 Å². The summed E-state index contributed by atoms with van der Waals surface area (Å²) >= 11 is 1.58. The van der Waals surface area contributed by atoms with Crippen LogP contribution in [0.15, 0.2) is 10.8 Å². The van der Waals surface area contributed by atoms with Gasteiger partial charge >= 0.3 is 12.0 Å². The van der Waals surface area contributed by atoms with Crippen LogP contribution in [-0.4, -0.2) is 23.1 Å². The fourth-order valence-electron chi connectivity index (χ4n) is 1.65. The van der Waals surface area contributed by atoms with E-state index in [0.29, 0.717) is 13.0 Å². The van der Waals surface area contributed by atoms with E-state index in [4.69, 9.17) is 5.11 Å². The van der Waals surface area contributed by atoms with Crippen LogP contribution in [0.4, 0.5) is 4.79 Å². The van der Waals surface area contributed by atoms with Crippen LogP contribution in [0.1, 0.15) is 31.4 Å². The minimum absolute atomic E-state index is 0.209. The van der Waals surface area contributed by atoms with Crippen molar-refractivity contribution in [2.75, 3.05) is 0 Å². The average molecular weight is 284 g/mol. The number of nitrogens with one attached hydrogen (secondary N) is 2. The van der Waals surface area contributed by atoms with Gasteiger partial charge in [-0.1, -0.05) is 13.8 Å². The number of rotatable bonds is 6. The first kappa shape index (κ1) is 15.5. The Kier molecular flexibility index (Phi) is 5.82. The fourth-order valence-corrected chi connectivity index (χ4v) is 2.50. The van der Waals surface area contributed by atoms with E-state index < -0.39 is 18.0 Å². The highest BCUT2D eigenvalue weighted by Gasteiger charge is 2.20. The van der Waals surface area contributed by atoms with Crippen molar-refractivity contribution in [1.82, 2.24) is 10.6 Å². The highest BCUT2D eigenvalue weighted by molar-refractivity contribution is 7.08. The highest BCUT2D eigenvalue weighted by atomic mass is 32.1. The Balaban J connectivity index is 2.45. The van der Waals surface area contributed by atoms with Gasteiger partial charge in [-0.25, -0.2) is 9.59 Å². The van der Waals surface area contributed by atoms with Crippen molar-refractivity contribution in [3.63, 3.8) is 0 Å². The second-order valence-corrected chi connectivity index (χ2v) is 5.67. The van der Waals surface area contributed by atoms with E-state index in [9.17, 15) is 9.59 Å². The number of amides is 2. The molecule has 1 aromatic rings. The van der Waals surface area contributed by atoms with Crippen molar-refractivity contribution in [2.45, 2.75) is 39.8 Å². The Hall–Kier alpha value is -1.56. The molecule has 1 aromatic heterocycles. The molecule has 0 saturated carbocycles. The van der Waals surface area contributed by atoms with Gasteiger partial charge in [-0.2, -0.15) is 11.3 Å². The zero-order valence-corrected chi connectivity index (χ0v) is 12.2. The summed E-state index contributed by atoms with van der Waals surface area (Å²) in [7, 11) is 0. The monoisotopic (exact) mass is 284 g/mol. The molecule has 106 valence electrons. The van der Waals surface area contributed by atoms with Gasteiger partial charge in [0.15, 0.2) is 0 Å². The molecular weight excluding hydrogens is 264 g/mol. The molecule has 6 heteroatoms. The average Bonchev–Trinajstić information content (AvgIpc) is 2.70. The quantitative estimate of drug-likeness (QED) is 0.750. The summed E-state index contributed by atoms with van der Waals surface area (Å²) in [6.45, 7) is 6.23. The van der Waals surface area contributed by atoms with E-state index in [2.05, 4.69) is 10.6 Å². The largest absolute Gasteiger partial charge is 0.480 e. The second kappa shape index (κ2) is 7.13. The van der Waals surface area contributed by atoms with Gasteiger partial charge in [-0.15, -0.1) is 0 Å². The molecule has 0 aliphatic rings. The number of carboxylic acid groups (broad SMARTS) is 1. The van der Waals surface area contributed by atoms with Crippen LogP contribution < -0.4 is 10.6 Å². The molecule has 0 saturated heterocycles. The van der Waals surface area contributed by atoms with E-state index in [-0.39, 0.29) is 5.92 Å².